The smallest absolute Gasteiger partial charge is 0.336 e. The lowest BCUT2D eigenvalue weighted by molar-refractivity contribution is -0.151. The van der Waals surface area contributed by atoms with E-state index in [0.29, 0.717) is 29.0 Å². The molecule has 1 aliphatic carbocycles. The predicted octanol–water partition coefficient (Wildman–Crippen LogP) is 4.23. The van der Waals surface area contributed by atoms with Gasteiger partial charge < -0.3 is 19.5 Å². The molecule has 0 unspecified atom stereocenters. The van der Waals surface area contributed by atoms with Crippen LogP contribution in [0.25, 0.3) is 0 Å². The molecule has 1 aliphatic heterocycles. The minimum absolute atomic E-state index is 0.0484. The molecule has 1 heterocycles. The Morgan fingerprint density at radius 2 is 1.69 bits per heavy atom. The number of hydrogen-bond acceptors (Lipinski definition) is 7. The highest BCUT2D eigenvalue weighted by Gasteiger charge is 2.47. The fraction of sp³-hybridized carbons (Fsp3) is 0.345. The molecule has 0 aromatic heterocycles. The number of esters is 2. The van der Waals surface area contributed by atoms with Crippen LogP contribution in [-0.4, -0.2) is 38.0 Å². The maximum absolute atomic E-state index is 13.7. The van der Waals surface area contributed by atoms with Gasteiger partial charge in [-0.25, -0.2) is 4.79 Å². The number of dihydropyridines is 1. The van der Waals surface area contributed by atoms with Crippen LogP contribution in [0.3, 0.4) is 0 Å². The van der Waals surface area contributed by atoms with E-state index in [1.165, 1.54) is 7.11 Å². The van der Waals surface area contributed by atoms with Crippen LogP contribution in [0.2, 0.25) is 0 Å². The van der Waals surface area contributed by atoms with Crippen molar-refractivity contribution in [2.24, 2.45) is 11.8 Å². The van der Waals surface area contributed by atoms with Crippen LogP contribution in [0.1, 0.15) is 37.3 Å². The third-order valence-electron chi connectivity index (χ3n) is 6.70. The molecule has 3 atom stereocenters. The molecular weight excluding hydrogens is 458 g/mol. The Bertz CT molecular complexity index is 1210. The van der Waals surface area contributed by atoms with Gasteiger partial charge in [0.25, 0.3) is 0 Å². The van der Waals surface area contributed by atoms with Gasteiger partial charge in [-0.15, -0.1) is 0 Å². The maximum atomic E-state index is 13.7. The van der Waals surface area contributed by atoms with Gasteiger partial charge >= 0.3 is 11.9 Å². The lowest BCUT2D eigenvalue weighted by Gasteiger charge is -2.38. The van der Waals surface area contributed by atoms with E-state index < -0.39 is 23.8 Å². The van der Waals surface area contributed by atoms with Gasteiger partial charge in [0.05, 0.1) is 12.7 Å². The van der Waals surface area contributed by atoms with Crippen molar-refractivity contribution in [3.8, 4) is 5.75 Å². The van der Waals surface area contributed by atoms with E-state index in [0.717, 1.165) is 16.8 Å². The zero-order valence-corrected chi connectivity index (χ0v) is 21.0. The number of para-hydroxylation sites is 1. The summed E-state index contributed by atoms with van der Waals surface area (Å²) < 4.78 is 16.2. The molecule has 188 valence electrons. The van der Waals surface area contributed by atoms with Gasteiger partial charge in [0.2, 0.25) is 0 Å². The van der Waals surface area contributed by atoms with E-state index in [1.807, 2.05) is 75.4 Å². The number of ketones is 1. The Morgan fingerprint density at radius 3 is 2.36 bits per heavy atom. The average molecular weight is 490 g/mol. The molecule has 0 bridgehead atoms. The Kier molecular flexibility index (Phi) is 7.58. The topological polar surface area (TPSA) is 90.9 Å². The number of aryl methyl sites for hydroxylation is 1. The van der Waals surface area contributed by atoms with Crippen molar-refractivity contribution in [2.75, 3.05) is 20.3 Å². The lowest BCUT2D eigenvalue weighted by Crippen LogP contribution is -2.43. The van der Waals surface area contributed by atoms with Crippen LogP contribution in [0, 0.1) is 18.8 Å². The van der Waals surface area contributed by atoms with Crippen molar-refractivity contribution in [3.63, 3.8) is 0 Å². The largest absolute Gasteiger partial charge is 0.490 e. The van der Waals surface area contributed by atoms with Crippen molar-refractivity contribution in [3.05, 3.63) is 88.3 Å². The summed E-state index contributed by atoms with van der Waals surface area (Å²) in [4.78, 5) is 39.6. The summed E-state index contributed by atoms with van der Waals surface area (Å²) in [5.41, 5.74) is 3.98. The number of benzene rings is 2. The normalized spacial score (nSPS) is 21.4. The molecule has 36 heavy (non-hydrogen) atoms. The van der Waals surface area contributed by atoms with Gasteiger partial charge in [-0.3, -0.25) is 9.59 Å². The summed E-state index contributed by atoms with van der Waals surface area (Å²) in [5.74, 6) is -2.53. The molecule has 2 aromatic rings. The van der Waals surface area contributed by atoms with E-state index in [9.17, 15) is 14.4 Å². The van der Waals surface area contributed by atoms with E-state index in [4.69, 9.17) is 14.2 Å². The lowest BCUT2D eigenvalue weighted by atomic mass is 9.69. The minimum Gasteiger partial charge on any atom is -0.490 e. The quantitative estimate of drug-likeness (QED) is 0.354. The number of ether oxygens (including phenoxy) is 3. The van der Waals surface area contributed by atoms with Crippen LogP contribution < -0.4 is 10.1 Å². The molecule has 0 saturated heterocycles. The standard InChI is InChI=1S/C29H31NO6/c1-17-10-12-20(13-11-17)25-24(29(33)36-15-14-35-21-8-6-5-7-9-21)19(3)30-22-16-18(2)23(28(32)34-4)27(31)26(22)25/h5-13,18,23,25,30H,14-16H2,1-4H3/t18-,23-,25-/m0/s1. The number of rotatable bonds is 7. The maximum Gasteiger partial charge on any atom is 0.336 e. The van der Waals surface area contributed by atoms with Gasteiger partial charge in [-0.05, 0) is 43.9 Å². The molecule has 1 N–H and O–H groups in total. The van der Waals surface area contributed by atoms with E-state index >= 15 is 0 Å². The highest BCUT2D eigenvalue weighted by atomic mass is 16.6. The van der Waals surface area contributed by atoms with Crippen molar-refractivity contribution in [1.82, 2.24) is 5.32 Å². The summed E-state index contributed by atoms with van der Waals surface area (Å²) >= 11 is 0. The number of nitrogens with one attached hydrogen (secondary N) is 1. The van der Waals surface area contributed by atoms with Crippen molar-refractivity contribution in [1.29, 1.82) is 0 Å². The van der Waals surface area contributed by atoms with Gasteiger partial charge in [0, 0.05) is 22.9 Å². The summed E-state index contributed by atoms with van der Waals surface area (Å²) in [6.07, 6.45) is 0.494. The Balaban J connectivity index is 1.63. The highest BCUT2D eigenvalue weighted by Crippen LogP contribution is 2.45. The Hall–Kier alpha value is -3.87. The second kappa shape index (κ2) is 10.8. The van der Waals surface area contributed by atoms with Gasteiger partial charge in [0.1, 0.15) is 24.9 Å². The molecule has 4 rings (SSSR count). The second-order valence-corrected chi connectivity index (χ2v) is 9.24. The Morgan fingerprint density at radius 1 is 1.00 bits per heavy atom. The fourth-order valence-corrected chi connectivity index (χ4v) is 4.93. The monoisotopic (exact) mass is 489 g/mol. The first-order valence-electron chi connectivity index (χ1n) is 12.1. The summed E-state index contributed by atoms with van der Waals surface area (Å²) in [6, 6.07) is 17.0. The number of allylic oxidation sites excluding steroid dienone is 3. The van der Waals surface area contributed by atoms with Gasteiger partial charge in [0.15, 0.2) is 5.78 Å². The number of carbonyl (C=O) groups is 3. The second-order valence-electron chi connectivity index (χ2n) is 9.24. The SMILES string of the molecule is COC(=O)[C@@H]1C(=O)C2=C(C[C@@H]1C)NC(C)=C(C(=O)OCCOc1ccccc1)[C@@H]2c1ccc(C)cc1. The average Bonchev–Trinajstić information content (AvgIpc) is 2.86. The molecule has 0 amide bonds. The highest BCUT2D eigenvalue weighted by molar-refractivity contribution is 6.12. The van der Waals surface area contributed by atoms with Crippen molar-refractivity contribution < 1.29 is 28.6 Å². The van der Waals surface area contributed by atoms with E-state index in [2.05, 4.69) is 5.32 Å². The summed E-state index contributed by atoms with van der Waals surface area (Å²) in [7, 11) is 1.28. The van der Waals surface area contributed by atoms with Crippen molar-refractivity contribution >= 4 is 17.7 Å². The Labute approximate surface area is 211 Å². The number of carbonyl (C=O) groups excluding carboxylic acids is 3. The van der Waals surface area contributed by atoms with E-state index in [-0.39, 0.29) is 24.9 Å². The first kappa shape index (κ1) is 25.2. The minimum atomic E-state index is -0.918. The fourth-order valence-electron chi connectivity index (χ4n) is 4.93. The van der Waals surface area contributed by atoms with E-state index in [1.54, 1.807) is 0 Å². The summed E-state index contributed by atoms with van der Waals surface area (Å²) in [5, 5.41) is 3.27. The zero-order valence-electron chi connectivity index (χ0n) is 21.0. The first-order valence-corrected chi connectivity index (χ1v) is 12.1. The summed E-state index contributed by atoms with van der Waals surface area (Å²) in [6.45, 7) is 5.89. The van der Waals surface area contributed by atoms with Crippen molar-refractivity contribution in [2.45, 2.75) is 33.1 Å². The van der Waals surface area contributed by atoms with Gasteiger partial charge in [-0.2, -0.15) is 0 Å². The van der Waals surface area contributed by atoms with Gasteiger partial charge in [-0.1, -0.05) is 55.0 Å². The molecule has 7 nitrogen and oxygen atoms in total. The van der Waals surface area contributed by atoms with Crippen LogP contribution in [-0.2, 0) is 23.9 Å². The molecule has 0 saturated carbocycles. The third-order valence-corrected chi connectivity index (χ3v) is 6.70. The molecule has 0 fully saturated rings. The predicted molar refractivity (Wildman–Crippen MR) is 134 cm³/mol. The molecule has 7 heteroatoms. The van der Waals surface area contributed by atoms with Crippen LogP contribution in [0.15, 0.2) is 77.1 Å². The molecule has 0 radical (unpaired) electrons. The molecule has 0 spiro atoms. The third kappa shape index (κ3) is 5.05. The van der Waals surface area contributed by atoms with Crippen LogP contribution in [0.5, 0.6) is 5.75 Å². The molecular formula is C29H31NO6. The number of hydrogen-bond donors (Lipinski definition) is 1. The van der Waals surface area contributed by atoms with Crippen LogP contribution >= 0.6 is 0 Å². The molecule has 2 aliphatic rings. The number of methoxy groups -OCH3 is 1. The zero-order chi connectivity index (χ0) is 25.8. The number of Topliss-reactive ketones (excluding diaryl/α,β-unsaturated/α-hetero) is 1. The first-order chi connectivity index (χ1) is 17.3. The van der Waals surface area contributed by atoms with Crippen LogP contribution in [0.4, 0.5) is 0 Å². The molecule has 2 aromatic carbocycles.